The van der Waals surface area contributed by atoms with Crippen LogP contribution >= 0.6 is 0 Å². The molecule has 7 heteroatoms. The van der Waals surface area contributed by atoms with Gasteiger partial charge in [0.05, 0.1) is 13.0 Å². The first kappa shape index (κ1) is 23.8. The maximum absolute atomic E-state index is 13.8. The van der Waals surface area contributed by atoms with Crippen molar-refractivity contribution in [2.75, 3.05) is 32.1 Å². The fraction of sp³-hybridized carbons (Fsp3) is 0.231. The molecule has 0 spiro atoms. The third-order valence-corrected chi connectivity index (χ3v) is 5.16. The number of aryl methyl sites for hydroxylation is 1. The Hall–Kier alpha value is -3.87. The Labute approximate surface area is 193 Å². The molecule has 6 nitrogen and oxygen atoms in total. The second-order valence-electron chi connectivity index (χ2n) is 7.63. The predicted octanol–water partition coefficient (Wildman–Crippen LogP) is 3.88. The summed E-state index contributed by atoms with van der Waals surface area (Å²) in [5, 5.41) is 8.88. The number of anilines is 1. The standard InChI is InChI=1S/C26H28FN3O3/c1-18-5-3-7-20(15-18)25(31)30-17-24(19-6-4-8-21(27)16-19)26(32)29-14-13-28-22-9-11-23(33-2)12-10-22/h3-12,15-16,24,28H,13-14,17H2,1-2H3,(H,29,32)(H,30,31). The monoisotopic (exact) mass is 449 g/mol. The summed E-state index contributed by atoms with van der Waals surface area (Å²) in [6.07, 6.45) is 0. The first-order valence-corrected chi connectivity index (χ1v) is 10.7. The van der Waals surface area contributed by atoms with Gasteiger partial charge in [-0.3, -0.25) is 9.59 Å². The minimum atomic E-state index is -0.726. The summed E-state index contributed by atoms with van der Waals surface area (Å²) in [5.41, 5.74) is 2.88. The summed E-state index contributed by atoms with van der Waals surface area (Å²) in [6, 6.07) is 20.5. The Kier molecular flexibility index (Phi) is 8.41. The normalized spacial score (nSPS) is 11.4. The first-order valence-electron chi connectivity index (χ1n) is 10.7. The molecule has 0 aliphatic heterocycles. The number of nitrogens with one attached hydrogen (secondary N) is 3. The van der Waals surface area contributed by atoms with E-state index < -0.39 is 11.7 Å². The van der Waals surface area contributed by atoms with Crippen LogP contribution in [0.5, 0.6) is 5.75 Å². The van der Waals surface area contributed by atoms with Crippen molar-refractivity contribution in [3.63, 3.8) is 0 Å². The lowest BCUT2D eigenvalue weighted by Gasteiger charge is -2.18. The van der Waals surface area contributed by atoms with Crippen molar-refractivity contribution in [1.82, 2.24) is 10.6 Å². The van der Waals surface area contributed by atoms with Crippen molar-refractivity contribution in [2.24, 2.45) is 0 Å². The molecule has 0 radical (unpaired) electrons. The predicted molar refractivity (Wildman–Crippen MR) is 127 cm³/mol. The van der Waals surface area contributed by atoms with Crippen LogP contribution in [0, 0.1) is 12.7 Å². The fourth-order valence-corrected chi connectivity index (χ4v) is 3.39. The molecule has 3 N–H and O–H groups in total. The van der Waals surface area contributed by atoms with Gasteiger partial charge in [-0.25, -0.2) is 4.39 Å². The lowest BCUT2D eigenvalue weighted by molar-refractivity contribution is -0.122. The highest BCUT2D eigenvalue weighted by molar-refractivity contribution is 5.95. The average molecular weight is 450 g/mol. The molecule has 0 fully saturated rings. The van der Waals surface area contributed by atoms with Crippen LogP contribution < -0.4 is 20.7 Å². The Morgan fingerprint density at radius 3 is 2.39 bits per heavy atom. The van der Waals surface area contributed by atoms with Gasteiger partial charge in [0.1, 0.15) is 11.6 Å². The molecule has 0 aliphatic carbocycles. The Morgan fingerprint density at radius 1 is 0.939 bits per heavy atom. The molecule has 0 saturated heterocycles. The average Bonchev–Trinajstić information content (AvgIpc) is 2.82. The van der Waals surface area contributed by atoms with E-state index in [0.717, 1.165) is 17.0 Å². The number of ether oxygens (including phenoxy) is 1. The maximum Gasteiger partial charge on any atom is 0.251 e. The zero-order chi connectivity index (χ0) is 23.6. The van der Waals surface area contributed by atoms with Crippen molar-refractivity contribution in [2.45, 2.75) is 12.8 Å². The fourth-order valence-electron chi connectivity index (χ4n) is 3.39. The largest absolute Gasteiger partial charge is 0.497 e. The Balaban J connectivity index is 1.59. The summed E-state index contributed by atoms with van der Waals surface area (Å²) in [7, 11) is 1.61. The maximum atomic E-state index is 13.8. The van der Waals surface area contributed by atoms with Crippen LogP contribution in [-0.2, 0) is 4.79 Å². The molecule has 1 unspecified atom stereocenters. The number of rotatable bonds is 10. The molecular formula is C26H28FN3O3. The highest BCUT2D eigenvalue weighted by Crippen LogP contribution is 2.18. The lowest BCUT2D eigenvalue weighted by Crippen LogP contribution is -2.39. The van der Waals surface area contributed by atoms with Crippen molar-refractivity contribution in [3.05, 3.63) is 95.3 Å². The van der Waals surface area contributed by atoms with Crippen LogP contribution in [0.15, 0.2) is 72.8 Å². The molecule has 1 atom stereocenters. The number of hydrogen-bond acceptors (Lipinski definition) is 4. The molecule has 3 rings (SSSR count). The Bertz CT molecular complexity index is 1090. The third-order valence-electron chi connectivity index (χ3n) is 5.16. The van der Waals surface area contributed by atoms with Crippen LogP contribution in [-0.4, -0.2) is 38.6 Å². The van der Waals surface area contributed by atoms with Gasteiger partial charge in [-0.15, -0.1) is 0 Å². The number of carbonyl (C=O) groups excluding carboxylic acids is 2. The van der Waals surface area contributed by atoms with Gasteiger partial charge in [-0.05, 0) is 61.0 Å². The van der Waals surface area contributed by atoms with Crippen LogP contribution in [0.4, 0.5) is 10.1 Å². The molecule has 0 saturated carbocycles. The molecule has 0 aliphatic rings. The number of benzene rings is 3. The van der Waals surface area contributed by atoms with E-state index in [1.807, 2.05) is 37.3 Å². The lowest BCUT2D eigenvalue weighted by atomic mass is 9.97. The highest BCUT2D eigenvalue weighted by Gasteiger charge is 2.22. The number of carbonyl (C=O) groups is 2. The van der Waals surface area contributed by atoms with Crippen molar-refractivity contribution < 1.29 is 18.7 Å². The quantitative estimate of drug-likeness (QED) is 0.411. The SMILES string of the molecule is COc1ccc(NCCNC(=O)C(CNC(=O)c2cccc(C)c2)c2cccc(F)c2)cc1. The van der Waals surface area contributed by atoms with E-state index in [1.54, 1.807) is 37.4 Å². The van der Waals surface area contributed by atoms with E-state index >= 15 is 0 Å². The summed E-state index contributed by atoms with van der Waals surface area (Å²) in [4.78, 5) is 25.5. The van der Waals surface area contributed by atoms with Crippen molar-refractivity contribution in [3.8, 4) is 5.75 Å². The number of methoxy groups -OCH3 is 1. The zero-order valence-corrected chi connectivity index (χ0v) is 18.7. The number of halogens is 1. The highest BCUT2D eigenvalue weighted by atomic mass is 19.1. The van der Waals surface area contributed by atoms with E-state index in [4.69, 9.17) is 4.74 Å². The van der Waals surface area contributed by atoms with Crippen molar-refractivity contribution in [1.29, 1.82) is 0 Å². The molecular weight excluding hydrogens is 421 g/mol. The number of hydrogen-bond donors (Lipinski definition) is 3. The first-order chi connectivity index (χ1) is 16.0. The minimum absolute atomic E-state index is 0.0496. The van der Waals surface area contributed by atoms with Crippen molar-refractivity contribution >= 4 is 17.5 Å². The van der Waals surface area contributed by atoms with Gasteiger partial charge in [0.2, 0.25) is 5.91 Å². The molecule has 0 aromatic heterocycles. The minimum Gasteiger partial charge on any atom is -0.497 e. The molecule has 172 valence electrons. The van der Waals surface area contributed by atoms with E-state index in [0.29, 0.717) is 24.2 Å². The van der Waals surface area contributed by atoms with Gasteiger partial charge in [-0.2, -0.15) is 0 Å². The number of amides is 2. The van der Waals surface area contributed by atoms with Gasteiger partial charge >= 0.3 is 0 Å². The molecule has 3 aromatic carbocycles. The molecule has 3 aromatic rings. The van der Waals surface area contributed by atoms with E-state index in [9.17, 15) is 14.0 Å². The third kappa shape index (κ3) is 7.07. The van der Waals surface area contributed by atoms with Crippen LogP contribution in [0.2, 0.25) is 0 Å². The summed E-state index contributed by atoms with van der Waals surface area (Å²) in [6.45, 7) is 2.82. The van der Waals surface area contributed by atoms with E-state index in [2.05, 4.69) is 16.0 Å². The smallest absolute Gasteiger partial charge is 0.251 e. The molecule has 2 amide bonds. The topological polar surface area (TPSA) is 79.5 Å². The van der Waals surface area contributed by atoms with Gasteiger partial charge in [0, 0.05) is 30.9 Å². The molecule has 0 bridgehead atoms. The van der Waals surface area contributed by atoms with E-state index in [-0.39, 0.29) is 18.4 Å². The Morgan fingerprint density at radius 2 is 1.70 bits per heavy atom. The van der Waals surface area contributed by atoms with Gasteiger partial charge in [-0.1, -0.05) is 29.8 Å². The zero-order valence-electron chi connectivity index (χ0n) is 18.7. The summed E-state index contributed by atoms with van der Waals surface area (Å²) >= 11 is 0. The van der Waals surface area contributed by atoms with Crippen LogP contribution in [0.1, 0.15) is 27.4 Å². The molecule has 0 heterocycles. The van der Waals surface area contributed by atoms with Gasteiger partial charge in [0.25, 0.3) is 5.91 Å². The van der Waals surface area contributed by atoms with Gasteiger partial charge in [0.15, 0.2) is 0 Å². The van der Waals surface area contributed by atoms with Crippen LogP contribution in [0.3, 0.4) is 0 Å². The molecule has 33 heavy (non-hydrogen) atoms. The van der Waals surface area contributed by atoms with Gasteiger partial charge < -0.3 is 20.7 Å². The summed E-state index contributed by atoms with van der Waals surface area (Å²) in [5.74, 6) is -0.970. The second-order valence-corrected chi connectivity index (χ2v) is 7.63. The van der Waals surface area contributed by atoms with E-state index in [1.165, 1.54) is 12.1 Å². The van der Waals surface area contributed by atoms with Crippen LogP contribution in [0.25, 0.3) is 0 Å². The second kappa shape index (κ2) is 11.7. The summed E-state index contributed by atoms with van der Waals surface area (Å²) < 4.78 is 18.9.